The van der Waals surface area contributed by atoms with Gasteiger partial charge in [0, 0.05) is 27.9 Å². The summed E-state index contributed by atoms with van der Waals surface area (Å²) in [4.78, 5) is 0. The van der Waals surface area contributed by atoms with Crippen LogP contribution >= 0.6 is 0 Å². The first-order chi connectivity index (χ1) is 6.33. The van der Waals surface area contributed by atoms with Crippen molar-refractivity contribution in [2.75, 3.05) is 27.9 Å². The summed E-state index contributed by atoms with van der Waals surface area (Å²) in [6.07, 6.45) is 1.63. The quantitative estimate of drug-likeness (QED) is 0.620. The number of ether oxygens (including phenoxy) is 4. The molecule has 0 saturated carbocycles. The Balaban J connectivity index is 2.51. The largest absolute Gasteiger partial charge is 0.355 e. The summed E-state index contributed by atoms with van der Waals surface area (Å²) in [5.74, 6) is 0.175. The molecule has 0 bridgehead atoms. The Bertz CT molecular complexity index is 128. The summed E-state index contributed by atoms with van der Waals surface area (Å²) in [5.41, 5.74) is 0. The topological polar surface area (TPSA) is 36.9 Å². The maximum Gasteiger partial charge on any atom is 0.164 e. The van der Waals surface area contributed by atoms with Crippen molar-refractivity contribution in [3.05, 3.63) is 0 Å². The molecule has 1 rings (SSSR count). The molecule has 0 aromatic rings. The molecule has 4 nitrogen and oxygen atoms in total. The van der Waals surface area contributed by atoms with E-state index in [2.05, 4.69) is 0 Å². The first-order valence-corrected chi connectivity index (χ1v) is 4.53. The highest BCUT2D eigenvalue weighted by Crippen LogP contribution is 2.26. The molecule has 4 heteroatoms. The maximum absolute atomic E-state index is 5.44. The molecule has 0 aromatic heterocycles. The van der Waals surface area contributed by atoms with E-state index in [-0.39, 0.29) is 18.5 Å². The van der Waals surface area contributed by atoms with Crippen molar-refractivity contribution in [1.82, 2.24) is 0 Å². The molecule has 1 fully saturated rings. The third kappa shape index (κ3) is 2.64. The Morgan fingerprint density at radius 1 is 1.23 bits per heavy atom. The molecule has 0 N–H and O–H groups in total. The standard InChI is InChI=1S/C9H18O4/c1-10-8(11-2)7-5-4-6-13-9(7)12-3/h7-9H,4-6H2,1-3H3/t7-,9-/m0/s1. The Labute approximate surface area is 79.1 Å². The molecule has 0 aromatic carbocycles. The van der Waals surface area contributed by atoms with E-state index < -0.39 is 0 Å². The average molecular weight is 190 g/mol. The van der Waals surface area contributed by atoms with Gasteiger partial charge >= 0.3 is 0 Å². The van der Waals surface area contributed by atoms with Gasteiger partial charge in [0.1, 0.15) is 0 Å². The van der Waals surface area contributed by atoms with E-state index in [1.54, 1.807) is 21.3 Å². The molecule has 0 spiro atoms. The Morgan fingerprint density at radius 2 is 1.92 bits per heavy atom. The van der Waals surface area contributed by atoms with E-state index in [0.29, 0.717) is 0 Å². The van der Waals surface area contributed by atoms with Gasteiger partial charge in [-0.1, -0.05) is 0 Å². The highest BCUT2D eigenvalue weighted by molar-refractivity contribution is 4.71. The van der Waals surface area contributed by atoms with Crippen molar-refractivity contribution in [1.29, 1.82) is 0 Å². The van der Waals surface area contributed by atoms with Gasteiger partial charge in [0.25, 0.3) is 0 Å². The molecule has 0 amide bonds. The van der Waals surface area contributed by atoms with Crippen molar-refractivity contribution < 1.29 is 18.9 Å². The summed E-state index contributed by atoms with van der Waals surface area (Å²) in [7, 11) is 4.91. The van der Waals surface area contributed by atoms with Crippen molar-refractivity contribution in [2.24, 2.45) is 5.92 Å². The molecular formula is C9H18O4. The van der Waals surface area contributed by atoms with E-state index in [4.69, 9.17) is 18.9 Å². The average Bonchev–Trinajstić information content (AvgIpc) is 2.20. The van der Waals surface area contributed by atoms with Crippen molar-refractivity contribution >= 4 is 0 Å². The van der Waals surface area contributed by atoms with Crippen LogP contribution in [0.4, 0.5) is 0 Å². The van der Waals surface area contributed by atoms with Crippen LogP contribution in [0.25, 0.3) is 0 Å². The normalized spacial score (nSPS) is 29.5. The van der Waals surface area contributed by atoms with Gasteiger partial charge < -0.3 is 18.9 Å². The second-order valence-electron chi connectivity index (χ2n) is 3.12. The van der Waals surface area contributed by atoms with E-state index in [9.17, 15) is 0 Å². The summed E-state index contributed by atoms with van der Waals surface area (Å²) in [5, 5.41) is 0. The number of methoxy groups -OCH3 is 3. The van der Waals surface area contributed by atoms with Crippen LogP contribution in [0.3, 0.4) is 0 Å². The zero-order chi connectivity index (χ0) is 9.68. The minimum atomic E-state index is -0.231. The van der Waals surface area contributed by atoms with Gasteiger partial charge in [0.15, 0.2) is 12.6 Å². The molecule has 1 heterocycles. The van der Waals surface area contributed by atoms with E-state index >= 15 is 0 Å². The monoisotopic (exact) mass is 190 g/mol. The number of hydrogen-bond acceptors (Lipinski definition) is 4. The van der Waals surface area contributed by atoms with Crippen LogP contribution in [0.1, 0.15) is 12.8 Å². The van der Waals surface area contributed by atoms with Crippen LogP contribution < -0.4 is 0 Å². The fourth-order valence-corrected chi connectivity index (χ4v) is 1.73. The van der Waals surface area contributed by atoms with Gasteiger partial charge in [-0.15, -0.1) is 0 Å². The van der Waals surface area contributed by atoms with Crippen molar-refractivity contribution in [3.8, 4) is 0 Å². The zero-order valence-corrected chi connectivity index (χ0v) is 8.49. The van der Waals surface area contributed by atoms with Crippen LogP contribution in [0.15, 0.2) is 0 Å². The third-order valence-corrected chi connectivity index (χ3v) is 2.36. The first-order valence-electron chi connectivity index (χ1n) is 4.53. The molecule has 1 saturated heterocycles. The predicted octanol–water partition coefficient (Wildman–Crippen LogP) is 1.00. The molecule has 78 valence electrons. The van der Waals surface area contributed by atoms with E-state index in [1.165, 1.54) is 0 Å². The summed E-state index contributed by atoms with van der Waals surface area (Å²) < 4.78 is 21.0. The third-order valence-electron chi connectivity index (χ3n) is 2.36. The van der Waals surface area contributed by atoms with Gasteiger partial charge in [-0.05, 0) is 12.8 Å². The Hall–Kier alpha value is -0.160. The second-order valence-corrected chi connectivity index (χ2v) is 3.12. The lowest BCUT2D eigenvalue weighted by atomic mass is 10.00. The van der Waals surface area contributed by atoms with Gasteiger partial charge in [0.2, 0.25) is 0 Å². The van der Waals surface area contributed by atoms with Crippen LogP contribution in [-0.4, -0.2) is 40.5 Å². The Morgan fingerprint density at radius 3 is 2.46 bits per heavy atom. The molecule has 0 radical (unpaired) electrons. The van der Waals surface area contributed by atoms with E-state index in [0.717, 1.165) is 19.4 Å². The minimum absolute atomic E-state index is 0.175. The fraction of sp³-hybridized carbons (Fsp3) is 1.00. The van der Waals surface area contributed by atoms with Gasteiger partial charge in [-0.3, -0.25) is 0 Å². The summed E-state index contributed by atoms with van der Waals surface area (Å²) in [6, 6.07) is 0. The molecule has 1 aliphatic heterocycles. The number of hydrogen-bond donors (Lipinski definition) is 0. The molecular weight excluding hydrogens is 172 g/mol. The van der Waals surface area contributed by atoms with E-state index in [1.807, 2.05) is 0 Å². The SMILES string of the molecule is COC(OC)[C@@H]1CCCO[C@@H]1OC. The lowest BCUT2D eigenvalue weighted by molar-refractivity contribution is -0.246. The van der Waals surface area contributed by atoms with Gasteiger partial charge in [-0.25, -0.2) is 0 Å². The fourth-order valence-electron chi connectivity index (χ4n) is 1.73. The summed E-state index contributed by atoms with van der Waals surface area (Å²) in [6.45, 7) is 0.759. The number of rotatable bonds is 4. The predicted molar refractivity (Wildman–Crippen MR) is 47.3 cm³/mol. The highest BCUT2D eigenvalue weighted by Gasteiger charge is 2.33. The lowest BCUT2D eigenvalue weighted by Crippen LogP contribution is -2.40. The molecule has 13 heavy (non-hydrogen) atoms. The maximum atomic E-state index is 5.44. The Kier molecular flexibility index (Phi) is 4.66. The highest BCUT2D eigenvalue weighted by atomic mass is 16.7. The smallest absolute Gasteiger partial charge is 0.164 e. The van der Waals surface area contributed by atoms with Gasteiger partial charge in [-0.2, -0.15) is 0 Å². The van der Waals surface area contributed by atoms with Crippen LogP contribution in [0, 0.1) is 5.92 Å². The second kappa shape index (κ2) is 5.54. The van der Waals surface area contributed by atoms with Crippen LogP contribution in [-0.2, 0) is 18.9 Å². The van der Waals surface area contributed by atoms with Crippen molar-refractivity contribution in [3.63, 3.8) is 0 Å². The summed E-state index contributed by atoms with van der Waals surface area (Å²) >= 11 is 0. The van der Waals surface area contributed by atoms with Crippen LogP contribution in [0.2, 0.25) is 0 Å². The van der Waals surface area contributed by atoms with Gasteiger partial charge in [0.05, 0.1) is 5.92 Å². The molecule has 1 aliphatic rings. The lowest BCUT2D eigenvalue weighted by Gasteiger charge is -2.34. The zero-order valence-electron chi connectivity index (χ0n) is 8.49. The van der Waals surface area contributed by atoms with Crippen molar-refractivity contribution in [2.45, 2.75) is 25.4 Å². The molecule has 2 atom stereocenters. The van der Waals surface area contributed by atoms with Crippen LogP contribution in [0.5, 0.6) is 0 Å². The molecule has 0 unspecified atom stereocenters. The minimum Gasteiger partial charge on any atom is -0.355 e. The molecule has 0 aliphatic carbocycles. The first kappa shape index (κ1) is 10.9.